The number of aromatic nitrogens is 2. The van der Waals surface area contributed by atoms with Gasteiger partial charge >= 0.3 is 6.61 Å². The van der Waals surface area contributed by atoms with Crippen LogP contribution < -0.4 is 4.74 Å². The lowest BCUT2D eigenvalue weighted by molar-refractivity contribution is -0.0522. The van der Waals surface area contributed by atoms with Gasteiger partial charge in [0.15, 0.2) is 0 Å². The van der Waals surface area contributed by atoms with E-state index >= 15 is 0 Å². The highest BCUT2D eigenvalue weighted by Gasteiger charge is 2.30. The minimum absolute atomic E-state index is 0.0477. The Morgan fingerprint density at radius 2 is 2.12 bits per heavy atom. The third-order valence-electron chi connectivity index (χ3n) is 4.07. The van der Waals surface area contributed by atoms with Gasteiger partial charge in [0.25, 0.3) is 0 Å². The van der Waals surface area contributed by atoms with Crippen molar-refractivity contribution in [3.8, 4) is 5.75 Å². The van der Waals surface area contributed by atoms with Crippen LogP contribution in [0.15, 0.2) is 41.0 Å². The lowest BCUT2D eigenvalue weighted by Crippen LogP contribution is -2.20. The van der Waals surface area contributed by atoms with Gasteiger partial charge in [0, 0.05) is 24.2 Å². The minimum atomic E-state index is -2.94. The number of pyridine rings is 1. The molecule has 130 valence electrons. The number of nitrogens with zero attached hydrogens (tertiary/aromatic N) is 2. The average Bonchev–Trinajstić information content (AvgIpc) is 2.93. The van der Waals surface area contributed by atoms with Crippen molar-refractivity contribution >= 4 is 21.6 Å². The SMILES string of the molecule is Fc1cc2nc3c(n2cc1Br)[C@@H](c1ccccc1OC(F)F)OCC3. The number of fused-ring (bicyclic) bond motifs is 3. The van der Waals surface area contributed by atoms with E-state index in [2.05, 4.69) is 25.7 Å². The Balaban J connectivity index is 1.89. The van der Waals surface area contributed by atoms with E-state index in [9.17, 15) is 13.2 Å². The predicted octanol–water partition coefficient (Wildman–Crippen LogP) is 4.50. The maximum atomic E-state index is 13.8. The molecule has 0 fully saturated rings. The molecule has 0 bridgehead atoms. The Labute approximate surface area is 149 Å². The number of imidazole rings is 1. The molecular formula is C17H12BrF3N2O2. The molecule has 0 radical (unpaired) electrons. The zero-order valence-corrected chi connectivity index (χ0v) is 14.3. The van der Waals surface area contributed by atoms with E-state index in [0.717, 1.165) is 5.69 Å². The Kier molecular flexibility index (Phi) is 4.16. The van der Waals surface area contributed by atoms with Gasteiger partial charge in [0.1, 0.15) is 23.3 Å². The van der Waals surface area contributed by atoms with E-state index in [1.54, 1.807) is 28.8 Å². The Morgan fingerprint density at radius 3 is 2.92 bits per heavy atom. The zero-order chi connectivity index (χ0) is 17.6. The van der Waals surface area contributed by atoms with Crippen LogP contribution in [-0.4, -0.2) is 22.6 Å². The third-order valence-corrected chi connectivity index (χ3v) is 4.65. The van der Waals surface area contributed by atoms with Gasteiger partial charge in [-0.1, -0.05) is 18.2 Å². The van der Waals surface area contributed by atoms with Gasteiger partial charge in [0.2, 0.25) is 0 Å². The van der Waals surface area contributed by atoms with Crippen LogP contribution in [0.3, 0.4) is 0 Å². The first-order chi connectivity index (χ1) is 12.0. The van der Waals surface area contributed by atoms with E-state index in [-0.39, 0.29) is 10.2 Å². The number of halogens is 4. The quantitative estimate of drug-likeness (QED) is 0.635. The van der Waals surface area contributed by atoms with E-state index in [0.29, 0.717) is 29.9 Å². The second kappa shape index (κ2) is 6.34. The molecule has 1 aliphatic rings. The maximum Gasteiger partial charge on any atom is 0.387 e. The molecule has 1 aromatic carbocycles. The summed E-state index contributed by atoms with van der Waals surface area (Å²) in [5.74, 6) is -0.375. The number of hydrogen-bond acceptors (Lipinski definition) is 3. The van der Waals surface area contributed by atoms with Crippen LogP contribution in [0.1, 0.15) is 23.1 Å². The van der Waals surface area contributed by atoms with Crippen molar-refractivity contribution in [3.63, 3.8) is 0 Å². The highest BCUT2D eigenvalue weighted by molar-refractivity contribution is 9.10. The van der Waals surface area contributed by atoms with Gasteiger partial charge in [-0.15, -0.1) is 0 Å². The van der Waals surface area contributed by atoms with Gasteiger partial charge in [-0.3, -0.25) is 4.40 Å². The molecule has 1 atom stereocenters. The molecule has 8 heteroatoms. The molecule has 0 saturated carbocycles. The number of ether oxygens (including phenoxy) is 2. The van der Waals surface area contributed by atoms with E-state index in [1.165, 1.54) is 12.1 Å². The summed E-state index contributed by atoms with van der Waals surface area (Å²) in [4.78, 5) is 4.45. The first-order valence-corrected chi connectivity index (χ1v) is 8.35. The Hall–Kier alpha value is -2.06. The van der Waals surface area contributed by atoms with Gasteiger partial charge in [-0.05, 0) is 22.0 Å². The molecule has 3 aromatic rings. The predicted molar refractivity (Wildman–Crippen MR) is 87.4 cm³/mol. The molecule has 3 heterocycles. The third kappa shape index (κ3) is 2.89. The van der Waals surface area contributed by atoms with Gasteiger partial charge in [-0.25, -0.2) is 9.37 Å². The van der Waals surface area contributed by atoms with Gasteiger partial charge < -0.3 is 9.47 Å². The largest absolute Gasteiger partial charge is 0.434 e. The van der Waals surface area contributed by atoms with E-state index < -0.39 is 18.5 Å². The molecule has 0 saturated heterocycles. The molecule has 4 rings (SSSR count). The fraction of sp³-hybridized carbons (Fsp3) is 0.235. The van der Waals surface area contributed by atoms with Crippen LogP contribution in [0.5, 0.6) is 5.75 Å². The van der Waals surface area contributed by atoms with Crippen molar-refractivity contribution in [3.05, 3.63) is 63.8 Å². The standard InChI is InChI=1S/C17H12BrF3N2O2/c18-10-8-23-14(7-11(10)19)22-12-5-6-24-16(15(12)23)9-3-1-2-4-13(9)25-17(20)21/h1-4,7-8,16-17H,5-6H2/t16-/m1/s1. The first kappa shape index (κ1) is 16.4. The highest BCUT2D eigenvalue weighted by atomic mass is 79.9. The fourth-order valence-electron chi connectivity index (χ4n) is 3.06. The van der Waals surface area contributed by atoms with Crippen LogP contribution in [0.2, 0.25) is 0 Å². The number of alkyl halides is 2. The van der Waals surface area contributed by atoms with Crippen molar-refractivity contribution in [2.24, 2.45) is 0 Å². The van der Waals surface area contributed by atoms with Crippen molar-refractivity contribution in [2.75, 3.05) is 6.61 Å². The normalized spacial score (nSPS) is 17.1. The van der Waals surface area contributed by atoms with Crippen LogP contribution in [0.4, 0.5) is 13.2 Å². The molecule has 0 unspecified atom stereocenters. The van der Waals surface area contributed by atoms with E-state index in [1.807, 2.05) is 0 Å². The Bertz CT molecular complexity index is 945. The number of rotatable bonds is 3. The maximum absolute atomic E-state index is 13.8. The summed E-state index contributed by atoms with van der Waals surface area (Å²) >= 11 is 3.16. The summed E-state index contributed by atoms with van der Waals surface area (Å²) in [5.41, 5.74) is 2.35. The number of para-hydroxylation sites is 1. The molecular weight excluding hydrogens is 401 g/mol. The van der Waals surface area contributed by atoms with Crippen LogP contribution in [0.25, 0.3) is 5.65 Å². The smallest absolute Gasteiger partial charge is 0.387 e. The molecule has 4 nitrogen and oxygen atoms in total. The van der Waals surface area contributed by atoms with Crippen molar-refractivity contribution < 1.29 is 22.6 Å². The second-order valence-corrected chi connectivity index (χ2v) is 6.41. The summed E-state index contributed by atoms with van der Waals surface area (Å²) in [7, 11) is 0. The lowest BCUT2D eigenvalue weighted by Gasteiger charge is -2.25. The molecule has 1 aliphatic heterocycles. The van der Waals surface area contributed by atoms with Crippen LogP contribution in [-0.2, 0) is 11.2 Å². The van der Waals surface area contributed by atoms with Crippen molar-refractivity contribution in [2.45, 2.75) is 19.1 Å². The van der Waals surface area contributed by atoms with Crippen molar-refractivity contribution in [1.29, 1.82) is 0 Å². The minimum Gasteiger partial charge on any atom is -0.434 e. The molecule has 0 N–H and O–H groups in total. The lowest BCUT2D eigenvalue weighted by atomic mass is 10.0. The molecule has 25 heavy (non-hydrogen) atoms. The molecule has 0 spiro atoms. The molecule has 0 amide bonds. The number of benzene rings is 1. The topological polar surface area (TPSA) is 35.8 Å². The highest BCUT2D eigenvalue weighted by Crippen LogP contribution is 2.38. The number of hydrogen-bond donors (Lipinski definition) is 0. The zero-order valence-electron chi connectivity index (χ0n) is 12.8. The monoisotopic (exact) mass is 412 g/mol. The average molecular weight is 413 g/mol. The van der Waals surface area contributed by atoms with Gasteiger partial charge in [-0.2, -0.15) is 8.78 Å². The van der Waals surface area contributed by atoms with Crippen molar-refractivity contribution in [1.82, 2.24) is 9.38 Å². The Morgan fingerprint density at radius 1 is 1.32 bits per heavy atom. The summed E-state index contributed by atoms with van der Waals surface area (Å²) < 4.78 is 51.7. The molecule has 0 aliphatic carbocycles. The molecule has 2 aromatic heterocycles. The summed E-state index contributed by atoms with van der Waals surface area (Å²) in [6.45, 7) is -2.55. The summed E-state index contributed by atoms with van der Waals surface area (Å²) in [5, 5.41) is 0. The second-order valence-electron chi connectivity index (χ2n) is 5.56. The summed E-state index contributed by atoms with van der Waals surface area (Å²) in [6, 6.07) is 7.81. The van der Waals surface area contributed by atoms with Crippen LogP contribution >= 0.6 is 15.9 Å². The van der Waals surface area contributed by atoms with E-state index in [4.69, 9.17) is 4.74 Å². The van der Waals surface area contributed by atoms with Crippen LogP contribution in [0, 0.1) is 5.82 Å². The fourth-order valence-corrected chi connectivity index (χ4v) is 3.38. The first-order valence-electron chi connectivity index (χ1n) is 7.56. The summed E-state index contributed by atoms with van der Waals surface area (Å²) in [6.07, 6.45) is 1.49. The van der Waals surface area contributed by atoms with Gasteiger partial charge in [0.05, 0.1) is 22.5 Å².